The number of aryl methyl sites for hydroxylation is 2. The van der Waals surface area contributed by atoms with Crippen LogP contribution in [0.25, 0.3) is 0 Å². The molecule has 4 heteroatoms. The number of hydrogen-bond acceptors (Lipinski definition) is 3. The first-order chi connectivity index (χ1) is 13.3. The summed E-state index contributed by atoms with van der Waals surface area (Å²) in [6.07, 6.45) is 2.66. The summed E-state index contributed by atoms with van der Waals surface area (Å²) >= 11 is 0. The molecule has 146 valence electrons. The van der Waals surface area contributed by atoms with Gasteiger partial charge in [0.15, 0.2) is 0 Å². The normalized spacial score (nSPS) is 31.3. The fourth-order valence-corrected chi connectivity index (χ4v) is 6.12. The fraction of sp³-hybridized carbons (Fsp3) is 0.542. The van der Waals surface area contributed by atoms with E-state index < -0.39 is 5.92 Å². The van der Waals surface area contributed by atoms with Gasteiger partial charge in [0.05, 0.1) is 0 Å². The zero-order valence-electron chi connectivity index (χ0n) is 17.1. The average Bonchev–Trinajstić information content (AvgIpc) is 3.14. The number of carbonyl (C=O) groups is 3. The Morgan fingerprint density at radius 2 is 1.75 bits per heavy atom. The molecule has 2 bridgehead atoms. The summed E-state index contributed by atoms with van der Waals surface area (Å²) in [4.78, 5) is 40.2. The lowest BCUT2D eigenvalue weighted by molar-refractivity contribution is -0.140. The van der Waals surface area contributed by atoms with E-state index in [1.54, 1.807) is 13.8 Å². The first kappa shape index (κ1) is 18.9. The maximum Gasteiger partial charge on any atom is 0.219 e. The second-order valence-electron chi connectivity index (χ2n) is 8.94. The van der Waals surface area contributed by atoms with Crippen molar-refractivity contribution in [2.24, 2.45) is 11.3 Å². The van der Waals surface area contributed by atoms with Crippen LogP contribution in [0.5, 0.6) is 0 Å². The predicted octanol–water partition coefficient (Wildman–Crippen LogP) is 3.32. The molecule has 2 unspecified atom stereocenters. The van der Waals surface area contributed by atoms with Crippen molar-refractivity contribution in [2.45, 2.75) is 65.3 Å². The highest BCUT2D eigenvalue weighted by molar-refractivity contribution is 6.10. The Morgan fingerprint density at radius 1 is 1.14 bits per heavy atom. The van der Waals surface area contributed by atoms with E-state index in [0.717, 1.165) is 35.1 Å². The van der Waals surface area contributed by atoms with Crippen molar-refractivity contribution in [1.82, 2.24) is 4.90 Å². The highest BCUT2D eigenvalue weighted by Gasteiger charge is 2.59. The third-order valence-electron chi connectivity index (χ3n) is 7.18. The van der Waals surface area contributed by atoms with Crippen LogP contribution in [-0.4, -0.2) is 35.0 Å². The Labute approximate surface area is 166 Å². The van der Waals surface area contributed by atoms with Gasteiger partial charge in [0.2, 0.25) is 5.91 Å². The standard InChI is InChI=1S/C24H27NO3/c1-5-6-17-7-14(2)22(15(3)8-17)23-20(27)11-24(12-21(23)28)10-19-9-18(24)13-25(19)16(4)26/h7-8,18-19,23H,9-13H2,1-4H3. The van der Waals surface area contributed by atoms with Crippen molar-refractivity contribution in [2.75, 3.05) is 6.54 Å². The molecule has 28 heavy (non-hydrogen) atoms. The van der Waals surface area contributed by atoms with E-state index in [9.17, 15) is 14.4 Å². The zero-order chi connectivity index (χ0) is 20.2. The highest BCUT2D eigenvalue weighted by atomic mass is 16.2. The Kier molecular flexibility index (Phi) is 4.45. The maximum absolute atomic E-state index is 13.2. The molecule has 1 saturated heterocycles. The Morgan fingerprint density at radius 3 is 2.21 bits per heavy atom. The summed E-state index contributed by atoms with van der Waals surface area (Å²) in [6, 6.07) is 4.16. The van der Waals surface area contributed by atoms with E-state index in [1.165, 1.54) is 0 Å². The van der Waals surface area contributed by atoms with Crippen LogP contribution < -0.4 is 0 Å². The van der Waals surface area contributed by atoms with Crippen molar-refractivity contribution in [3.05, 3.63) is 34.4 Å². The van der Waals surface area contributed by atoms with Gasteiger partial charge >= 0.3 is 0 Å². The highest BCUT2D eigenvalue weighted by Crippen LogP contribution is 2.58. The number of carbonyl (C=O) groups excluding carboxylic acids is 3. The summed E-state index contributed by atoms with van der Waals surface area (Å²) in [7, 11) is 0. The Hall–Kier alpha value is -2.41. The molecule has 0 aromatic heterocycles. The molecule has 1 aromatic carbocycles. The van der Waals surface area contributed by atoms with Gasteiger partial charge in [-0.3, -0.25) is 14.4 Å². The third kappa shape index (κ3) is 2.80. The van der Waals surface area contributed by atoms with E-state index in [0.29, 0.717) is 19.4 Å². The molecule has 1 heterocycles. The SMILES string of the molecule is CC#Cc1cc(C)c(C2C(=O)CC3(CC2=O)CC2CC3CN2C(C)=O)c(C)c1. The molecule has 3 fully saturated rings. The van der Waals surface area contributed by atoms with Crippen LogP contribution in [0.4, 0.5) is 0 Å². The van der Waals surface area contributed by atoms with Gasteiger partial charge in [0.1, 0.15) is 17.5 Å². The van der Waals surface area contributed by atoms with Gasteiger partial charge in [-0.15, -0.1) is 5.92 Å². The quantitative estimate of drug-likeness (QED) is 0.557. The largest absolute Gasteiger partial charge is 0.340 e. The molecule has 2 atom stereocenters. The minimum Gasteiger partial charge on any atom is -0.340 e. The number of fused-ring (bicyclic) bond motifs is 3. The van der Waals surface area contributed by atoms with Crippen LogP contribution in [0.1, 0.15) is 67.7 Å². The van der Waals surface area contributed by atoms with Gasteiger partial charge < -0.3 is 4.90 Å². The lowest BCUT2D eigenvalue weighted by Crippen LogP contribution is -2.49. The van der Waals surface area contributed by atoms with Crippen LogP contribution in [0, 0.1) is 37.0 Å². The lowest BCUT2D eigenvalue weighted by atomic mass is 9.61. The Balaban J connectivity index is 1.62. The molecule has 1 spiro atoms. The number of likely N-dealkylation sites (tertiary alicyclic amines) is 1. The first-order valence-corrected chi connectivity index (χ1v) is 10.1. The molecule has 2 saturated carbocycles. The van der Waals surface area contributed by atoms with Crippen molar-refractivity contribution in [3.8, 4) is 11.8 Å². The molecule has 4 rings (SSSR count). The van der Waals surface area contributed by atoms with Crippen LogP contribution in [0.15, 0.2) is 12.1 Å². The second kappa shape index (κ2) is 6.58. The van der Waals surface area contributed by atoms with Crippen LogP contribution in [-0.2, 0) is 14.4 Å². The number of Topliss-reactive ketones (excluding diaryl/α,β-unsaturated/α-hetero) is 2. The van der Waals surface area contributed by atoms with Crippen molar-refractivity contribution >= 4 is 17.5 Å². The van der Waals surface area contributed by atoms with Crippen LogP contribution in [0.3, 0.4) is 0 Å². The number of benzene rings is 1. The maximum atomic E-state index is 13.2. The molecule has 2 aliphatic carbocycles. The van der Waals surface area contributed by atoms with E-state index >= 15 is 0 Å². The predicted molar refractivity (Wildman–Crippen MR) is 107 cm³/mol. The molecule has 1 aromatic rings. The van der Waals surface area contributed by atoms with Gasteiger partial charge in [-0.05, 0) is 73.8 Å². The molecule has 1 amide bonds. The van der Waals surface area contributed by atoms with Crippen LogP contribution in [0.2, 0.25) is 0 Å². The Bertz CT molecular complexity index is 907. The van der Waals surface area contributed by atoms with Gasteiger partial charge in [-0.2, -0.15) is 0 Å². The average molecular weight is 377 g/mol. The van der Waals surface area contributed by atoms with Gasteiger partial charge in [-0.1, -0.05) is 5.92 Å². The molecular formula is C24H27NO3. The van der Waals surface area contributed by atoms with E-state index in [1.807, 2.05) is 30.9 Å². The molecule has 1 aliphatic heterocycles. The smallest absolute Gasteiger partial charge is 0.219 e. The number of amides is 1. The second-order valence-corrected chi connectivity index (χ2v) is 8.94. The van der Waals surface area contributed by atoms with E-state index in [-0.39, 0.29) is 34.8 Å². The summed E-state index contributed by atoms with van der Waals surface area (Å²) in [6.45, 7) is 8.05. The van der Waals surface area contributed by atoms with Crippen molar-refractivity contribution < 1.29 is 14.4 Å². The monoisotopic (exact) mass is 377 g/mol. The van der Waals surface area contributed by atoms with Crippen molar-refractivity contribution in [1.29, 1.82) is 0 Å². The van der Waals surface area contributed by atoms with E-state index in [2.05, 4.69) is 11.8 Å². The topological polar surface area (TPSA) is 54.5 Å². The third-order valence-corrected chi connectivity index (χ3v) is 7.18. The summed E-state index contributed by atoms with van der Waals surface area (Å²) in [5.41, 5.74) is 3.51. The van der Waals surface area contributed by atoms with Gasteiger partial charge in [0, 0.05) is 37.9 Å². The van der Waals surface area contributed by atoms with Gasteiger partial charge in [0.25, 0.3) is 0 Å². The lowest BCUT2D eigenvalue weighted by Gasteiger charge is -2.44. The molecular weight excluding hydrogens is 350 g/mol. The fourth-order valence-electron chi connectivity index (χ4n) is 6.12. The van der Waals surface area contributed by atoms with Crippen molar-refractivity contribution in [3.63, 3.8) is 0 Å². The number of nitrogens with zero attached hydrogens (tertiary/aromatic N) is 1. The minimum absolute atomic E-state index is 0.0544. The molecule has 3 aliphatic rings. The molecule has 4 nitrogen and oxygen atoms in total. The minimum atomic E-state index is -0.641. The molecule has 0 radical (unpaired) electrons. The molecule has 0 N–H and O–H groups in total. The van der Waals surface area contributed by atoms with E-state index in [4.69, 9.17) is 0 Å². The number of rotatable bonds is 1. The number of hydrogen-bond donors (Lipinski definition) is 0. The summed E-state index contributed by atoms with van der Waals surface area (Å²) < 4.78 is 0. The number of ketones is 2. The first-order valence-electron chi connectivity index (χ1n) is 10.1. The number of piperidine rings is 1. The zero-order valence-corrected chi connectivity index (χ0v) is 17.1. The van der Waals surface area contributed by atoms with Crippen LogP contribution >= 0.6 is 0 Å². The summed E-state index contributed by atoms with van der Waals surface area (Å²) in [5.74, 6) is 5.82. The van der Waals surface area contributed by atoms with Gasteiger partial charge in [-0.25, -0.2) is 0 Å². The summed E-state index contributed by atoms with van der Waals surface area (Å²) in [5, 5.41) is 0.